The fourth-order valence-corrected chi connectivity index (χ4v) is 4.01. The van der Waals surface area contributed by atoms with Gasteiger partial charge in [-0.25, -0.2) is 0 Å². The summed E-state index contributed by atoms with van der Waals surface area (Å²) >= 11 is 0. The molecule has 7 nitrogen and oxygen atoms in total. The summed E-state index contributed by atoms with van der Waals surface area (Å²) in [6, 6.07) is 21.3. The topological polar surface area (TPSA) is 99.9 Å². The predicted molar refractivity (Wildman–Crippen MR) is 131 cm³/mol. The van der Waals surface area contributed by atoms with E-state index >= 15 is 0 Å². The first-order chi connectivity index (χ1) is 17.0. The number of ether oxygens (including phenoxy) is 2. The number of hydrogen-bond donors (Lipinski definition) is 1. The molecule has 0 radical (unpaired) electrons. The molecule has 0 bridgehead atoms. The van der Waals surface area contributed by atoms with Gasteiger partial charge in [0.2, 0.25) is 0 Å². The van der Waals surface area contributed by atoms with Crippen LogP contribution in [-0.2, 0) is 9.59 Å². The minimum Gasteiger partial charge on any atom is -0.507 e. The van der Waals surface area contributed by atoms with Gasteiger partial charge in [0.05, 0.1) is 37.0 Å². The molecule has 1 fully saturated rings. The zero-order chi connectivity index (χ0) is 24.9. The van der Waals surface area contributed by atoms with Crippen LogP contribution in [0, 0.1) is 11.3 Å². The Balaban J connectivity index is 1.87. The van der Waals surface area contributed by atoms with Crippen molar-refractivity contribution in [2.75, 3.05) is 18.6 Å². The monoisotopic (exact) mass is 468 g/mol. The molecule has 3 aromatic carbocycles. The number of nitrogens with zero attached hydrogens (tertiary/aromatic N) is 2. The highest BCUT2D eigenvalue weighted by Crippen LogP contribution is 2.42. The number of aliphatic hydroxyl groups is 1. The maximum Gasteiger partial charge on any atom is 0.300 e. The predicted octanol–water partition coefficient (Wildman–Crippen LogP) is 4.98. The van der Waals surface area contributed by atoms with Crippen LogP contribution in [0.2, 0.25) is 0 Å². The second kappa shape index (κ2) is 10.1. The number of aliphatic hydroxyl groups excluding tert-OH is 1. The summed E-state index contributed by atoms with van der Waals surface area (Å²) in [5, 5.41) is 20.4. The largest absolute Gasteiger partial charge is 0.507 e. The fraction of sp³-hybridized carbons (Fsp3) is 0.179. The summed E-state index contributed by atoms with van der Waals surface area (Å²) in [6.45, 7) is 2.50. The Kier molecular flexibility index (Phi) is 6.83. The molecule has 1 amide bonds. The first-order valence-corrected chi connectivity index (χ1v) is 11.2. The van der Waals surface area contributed by atoms with Gasteiger partial charge in [-0.15, -0.1) is 0 Å². The Morgan fingerprint density at radius 2 is 1.74 bits per heavy atom. The highest BCUT2D eigenvalue weighted by atomic mass is 16.5. The van der Waals surface area contributed by atoms with Crippen LogP contribution in [-0.4, -0.2) is 30.5 Å². The Hall–Kier alpha value is -4.57. The average molecular weight is 469 g/mol. The molecule has 0 saturated carbocycles. The summed E-state index contributed by atoms with van der Waals surface area (Å²) in [7, 11) is 1.55. The second-order valence-electron chi connectivity index (χ2n) is 7.98. The summed E-state index contributed by atoms with van der Waals surface area (Å²) < 4.78 is 10.9. The Labute approximate surface area is 203 Å². The molecule has 3 aromatic rings. The molecular formula is C28H24N2O5. The Morgan fingerprint density at radius 3 is 2.37 bits per heavy atom. The molecule has 0 aliphatic carbocycles. The van der Waals surface area contributed by atoms with Crippen molar-refractivity contribution in [3.05, 3.63) is 95.1 Å². The smallest absolute Gasteiger partial charge is 0.300 e. The number of benzene rings is 3. The Bertz CT molecular complexity index is 1320. The molecule has 1 heterocycles. The van der Waals surface area contributed by atoms with Crippen molar-refractivity contribution in [2.24, 2.45) is 0 Å². The van der Waals surface area contributed by atoms with E-state index in [1.54, 1.807) is 79.9 Å². The third-order valence-electron chi connectivity index (χ3n) is 5.73. The van der Waals surface area contributed by atoms with Crippen LogP contribution in [0.15, 0.2) is 78.4 Å². The van der Waals surface area contributed by atoms with E-state index in [9.17, 15) is 14.7 Å². The lowest BCUT2D eigenvalue weighted by atomic mass is 9.95. The van der Waals surface area contributed by atoms with Gasteiger partial charge in [0.1, 0.15) is 17.3 Å². The Morgan fingerprint density at radius 1 is 1.03 bits per heavy atom. The highest BCUT2D eigenvalue weighted by Gasteiger charge is 2.47. The van der Waals surface area contributed by atoms with E-state index in [1.807, 2.05) is 13.0 Å². The fourth-order valence-electron chi connectivity index (χ4n) is 4.01. The standard InChI is InChI=1S/C28H24N2O5/c1-3-15-35-23-6-4-5-20(16-23)26(31)24-25(19-9-13-22(34-2)14-10-19)30(28(33)27(24)32)21-11-7-18(17-29)8-12-21/h4-14,16,25,31H,3,15H2,1-2H3/b26-24-. The molecule has 1 N–H and O–H groups in total. The maximum absolute atomic E-state index is 13.3. The highest BCUT2D eigenvalue weighted by molar-refractivity contribution is 6.51. The summed E-state index contributed by atoms with van der Waals surface area (Å²) in [6.07, 6.45) is 0.823. The number of anilines is 1. The lowest BCUT2D eigenvalue weighted by molar-refractivity contribution is -0.132. The molecule has 1 aliphatic heterocycles. The van der Waals surface area contributed by atoms with Crippen molar-refractivity contribution in [3.8, 4) is 17.6 Å². The van der Waals surface area contributed by atoms with E-state index in [2.05, 4.69) is 0 Å². The molecule has 4 rings (SSSR count). The van der Waals surface area contributed by atoms with Crippen LogP contribution >= 0.6 is 0 Å². The molecule has 1 unspecified atom stereocenters. The van der Waals surface area contributed by atoms with Crippen molar-refractivity contribution in [3.63, 3.8) is 0 Å². The minimum absolute atomic E-state index is 0.0304. The van der Waals surface area contributed by atoms with E-state index in [1.165, 1.54) is 4.90 Å². The number of carbonyl (C=O) groups is 2. The van der Waals surface area contributed by atoms with Gasteiger partial charge in [-0.05, 0) is 60.5 Å². The van der Waals surface area contributed by atoms with Crippen LogP contribution in [0.4, 0.5) is 5.69 Å². The molecular weight excluding hydrogens is 444 g/mol. The van der Waals surface area contributed by atoms with Gasteiger partial charge in [-0.2, -0.15) is 5.26 Å². The van der Waals surface area contributed by atoms with Gasteiger partial charge in [-0.3, -0.25) is 14.5 Å². The van der Waals surface area contributed by atoms with E-state index in [0.717, 1.165) is 6.42 Å². The molecule has 7 heteroatoms. The molecule has 35 heavy (non-hydrogen) atoms. The van der Waals surface area contributed by atoms with Gasteiger partial charge in [0, 0.05) is 11.3 Å². The van der Waals surface area contributed by atoms with Crippen LogP contribution in [0.25, 0.3) is 5.76 Å². The third-order valence-corrected chi connectivity index (χ3v) is 5.73. The van der Waals surface area contributed by atoms with Crippen molar-refractivity contribution in [1.82, 2.24) is 0 Å². The number of hydrogen-bond acceptors (Lipinski definition) is 6. The van der Waals surface area contributed by atoms with Gasteiger partial charge in [0.25, 0.3) is 11.7 Å². The molecule has 1 atom stereocenters. The van der Waals surface area contributed by atoms with Crippen LogP contribution in [0.5, 0.6) is 11.5 Å². The van der Waals surface area contributed by atoms with E-state index < -0.39 is 17.7 Å². The lowest BCUT2D eigenvalue weighted by Crippen LogP contribution is -2.29. The van der Waals surface area contributed by atoms with Crippen molar-refractivity contribution < 1.29 is 24.2 Å². The molecule has 0 spiro atoms. The molecule has 0 aromatic heterocycles. The molecule has 176 valence electrons. The summed E-state index contributed by atoms with van der Waals surface area (Å²) in [5.41, 5.74) is 1.82. The quantitative estimate of drug-likeness (QED) is 0.298. The van der Waals surface area contributed by atoms with E-state index in [4.69, 9.17) is 14.7 Å². The van der Waals surface area contributed by atoms with Gasteiger partial charge in [0.15, 0.2) is 0 Å². The lowest BCUT2D eigenvalue weighted by Gasteiger charge is -2.25. The SMILES string of the molecule is CCCOc1cccc(/C(O)=C2/C(=O)C(=O)N(c3ccc(C#N)cc3)C2c2ccc(OC)cc2)c1. The number of ketones is 1. The van der Waals surface area contributed by atoms with Crippen LogP contribution in [0.3, 0.4) is 0 Å². The zero-order valence-electron chi connectivity index (χ0n) is 19.4. The second-order valence-corrected chi connectivity index (χ2v) is 7.98. The van der Waals surface area contributed by atoms with Gasteiger partial charge in [-0.1, -0.05) is 31.2 Å². The van der Waals surface area contributed by atoms with Crippen molar-refractivity contribution in [2.45, 2.75) is 19.4 Å². The minimum atomic E-state index is -0.881. The molecule has 1 saturated heterocycles. The first-order valence-electron chi connectivity index (χ1n) is 11.2. The number of nitriles is 1. The number of amides is 1. The van der Waals surface area contributed by atoms with Gasteiger partial charge >= 0.3 is 0 Å². The van der Waals surface area contributed by atoms with Gasteiger partial charge < -0.3 is 14.6 Å². The maximum atomic E-state index is 13.3. The molecule has 1 aliphatic rings. The van der Waals surface area contributed by atoms with Crippen LogP contribution < -0.4 is 14.4 Å². The average Bonchev–Trinajstić information content (AvgIpc) is 3.17. The van der Waals surface area contributed by atoms with Crippen molar-refractivity contribution >= 4 is 23.1 Å². The van der Waals surface area contributed by atoms with E-state index in [-0.39, 0.29) is 11.3 Å². The summed E-state index contributed by atoms with van der Waals surface area (Å²) in [4.78, 5) is 27.9. The number of methoxy groups -OCH3 is 1. The number of rotatable bonds is 7. The van der Waals surface area contributed by atoms with Crippen molar-refractivity contribution in [1.29, 1.82) is 5.26 Å². The number of Topliss-reactive ketones (excluding diaryl/α,β-unsaturated/α-hetero) is 1. The third kappa shape index (κ3) is 4.59. The van der Waals surface area contributed by atoms with Crippen LogP contribution in [0.1, 0.15) is 36.1 Å². The first kappa shape index (κ1) is 23.6. The summed E-state index contributed by atoms with van der Waals surface area (Å²) in [5.74, 6) is -0.687. The normalized spacial score (nSPS) is 16.7. The zero-order valence-corrected chi connectivity index (χ0v) is 19.4. The van der Waals surface area contributed by atoms with E-state index in [0.29, 0.717) is 40.5 Å². The number of carbonyl (C=O) groups excluding carboxylic acids is 2.